The summed E-state index contributed by atoms with van der Waals surface area (Å²) in [5, 5.41) is 2.42. The van der Waals surface area contributed by atoms with Gasteiger partial charge in [0.15, 0.2) is 0 Å². The fraction of sp³-hybridized carbons (Fsp3) is 0.300. The summed E-state index contributed by atoms with van der Waals surface area (Å²) >= 11 is 3.12. The van der Waals surface area contributed by atoms with Crippen molar-refractivity contribution in [1.82, 2.24) is 0 Å². The Kier molecular flexibility index (Phi) is 4.08. The first-order valence-electron chi connectivity index (χ1n) is 4.41. The van der Waals surface area contributed by atoms with E-state index in [9.17, 15) is 9.18 Å². The second-order valence-electron chi connectivity index (χ2n) is 3.24. The molecule has 5 heteroatoms. The van der Waals surface area contributed by atoms with Crippen molar-refractivity contribution in [2.45, 2.75) is 20.0 Å². The van der Waals surface area contributed by atoms with Gasteiger partial charge in [-0.15, -0.1) is 0 Å². The highest BCUT2D eigenvalue weighted by Crippen LogP contribution is 2.18. The maximum absolute atomic E-state index is 12.9. The van der Waals surface area contributed by atoms with E-state index in [2.05, 4.69) is 21.2 Å². The Hall–Kier alpha value is -1.10. The molecule has 0 spiro atoms. The van der Waals surface area contributed by atoms with E-state index in [1.165, 1.54) is 12.1 Å². The Morgan fingerprint density at radius 3 is 2.67 bits per heavy atom. The number of benzene rings is 1. The smallest absolute Gasteiger partial charge is 0.411 e. The van der Waals surface area contributed by atoms with Crippen molar-refractivity contribution in [2.24, 2.45) is 0 Å². The minimum Gasteiger partial charge on any atom is -0.447 e. The fourth-order valence-corrected chi connectivity index (χ4v) is 1.45. The van der Waals surface area contributed by atoms with Crippen LogP contribution in [0.15, 0.2) is 22.7 Å². The maximum Gasteiger partial charge on any atom is 0.411 e. The number of halogens is 2. The number of carbonyl (C=O) groups excluding carboxylic acids is 1. The summed E-state index contributed by atoms with van der Waals surface area (Å²) in [5.74, 6) is -0.427. The number of hydrogen-bond acceptors (Lipinski definition) is 2. The predicted molar refractivity (Wildman–Crippen MR) is 59.3 cm³/mol. The van der Waals surface area contributed by atoms with Crippen LogP contribution >= 0.6 is 15.9 Å². The SMILES string of the molecule is CC(C)OC(=O)Nc1cc(F)cc(Br)c1. The number of anilines is 1. The van der Waals surface area contributed by atoms with E-state index in [0.717, 1.165) is 0 Å². The fourth-order valence-electron chi connectivity index (χ4n) is 0.987. The number of hydrogen-bond donors (Lipinski definition) is 1. The van der Waals surface area contributed by atoms with Crippen LogP contribution in [0.1, 0.15) is 13.8 Å². The van der Waals surface area contributed by atoms with Gasteiger partial charge in [0.1, 0.15) is 5.82 Å². The minimum absolute atomic E-state index is 0.206. The Balaban J connectivity index is 2.68. The molecule has 0 saturated heterocycles. The summed E-state index contributed by atoms with van der Waals surface area (Å²) in [6.45, 7) is 3.47. The summed E-state index contributed by atoms with van der Waals surface area (Å²) < 4.78 is 18.3. The van der Waals surface area contributed by atoms with Crippen LogP contribution in [0.5, 0.6) is 0 Å². The molecule has 1 N–H and O–H groups in total. The molecule has 0 bridgehead atoms. The number of amides is 1. The monoisotopic (exact) mass is 275 g/mol. The molecular weight excluding hydrogens is 265 g/mol. The van der Waals surface area contributed by atoms with Gasteiger partial charge in [0.25, 0.3) is 0 Å². The third-order valence-corrected chi connectivity index (χ3v) is 1.91. The molecule has 0 aromatic heterocycles. The molecule has 0 heterocycles. The zero-order valence-corrected chi connectivity index (χ0v) is 9.97. The van der Waals surface area contributed by atoms with Gasteiger partial charge in [0.2, 0.25) is 0 Å². The van der Waals surface area contributed by atoms with Crippen LogP contribution in [-0.4, -0.2) is 12.2 Å². The molecule has 1 rings (SSSR count). The number of nitrogens with one attached hydrogen (secondary N) is 1. The van der Waals surface area contributed by atoms with E-state index in [-0.39, 0.29) is 6.10 Å². The van der Waals surface area contributed by atoms with Crippen LogP contribution in [-0.2, 0) is 4.74 Å². The Morgan fingerprint density at radius 1 is 1.47 bits per heavy atom. The second kappa shape index (κ2) is 5.11. The largest absolute Gasteiger partial charge is 0.447 e. The van der Waals surface area contributed by atoms with Gasteiger partial charge in [0, 0.05) is 10.2 Å². The normalized spacial score (nSPS) is 10.2. The van der Waals surface area contributed by atoms with Crippen LogP contribution in [0.4, 0.5) is 14.9 Å². The average molecular weight is 276 g/mol. The van der Waals surface area contributed by atoms with Gasteiger partial charge < -0.3 is 4.74 Å². The van der Waals surface area contributed by atoms with Crippen LogP contribution in [0, 0.1) is 5.82 Å². The summed E-state index contributed by atoms with van der Waals surface area (Å²) in [6.07, 6.45) is -0.801. The van der Waals surface area contributed by atoms with Crippen LogP contribution in [0.25, 0.3) is 0 Å². The summed E-state index contributed by atoms with van der Waals surface area (Å²) in [6, 6.07) is 4.11. The van der Waals surface area contributed by atoms with Crippen molar-refractivity contribution in [1.29, 1.82) is 0 Å². The molecule has 3 nitrogen and oxygen atoms in total. The molecule has 0 fully saturated rings. The first-order chi connectivity index (χ1) is 6.97. The quantitative estimate of drug-likeness (QED) is 0.897. The molecule has 0 aliphatic heterocycles. The van der Waals surface area contributed by atoms with Crippen molar-refractivity contribution < 1.29 is 13.9 Å². The first kappa shape index (κ1) is 12.0. The van der Waals surface area contributed by atoms with E-state index in [4.69, 9.17) is 4.74 Å². The highest BCUT2D eigenvalue weighted by molar-refractivity contribution is 9.10. The highest BCUT2D eigenvalue weighted by atomic mass is 79.9. The van der Waals surface area contributed by atoms with Gasteiger partial charge in [-0.05, 0) is 32.0 Å². The lowest BCUT2D eigenvalue weighted by Gasteiger charge is -2.09. The Bertz CT molecular complexity index is 348. The van der Waals surface area contributed by atoms with Gasteiger partial charge in [-0.25, -0.2) is 9.18 Å². The van der Waals surface area contributed by atoms with Crippen LogP contribution < -0.4 is 5.32 Å². The van der Waals surface area contributed by atoms with Crippen molar-refractivity contribution in [3.63, 3.8) is 0 Å². The molecule has 0 saturated carbocycles. The summed E-state index contributed by atoms with van der Waals surface area (Å²) in [5.41, 5.74) is 0.354. The minimum atomic E-state index is -0.595. The lowest BCUT2D eigenvalue weighted by molar-refractivity contribution is 0.130. The third-order valence-electron chi connectivity index (χ3n) is 1.45. The predicted octanol–water partition coefficient (Wildman–Crippen LogP) is 3.55. The van der Waals surface area contributed by atoms with Gasteiger partial charge in [-0.3, -0.25) is 5.32 Å². The van der Waals surface area contributed by atoms with Crippen molar-refractivity contribution in [3.05, 3.63) is 28.5 Å². The van der Waals surface area contributed by atoms with Crippen LogP contribution in [0.3, 0.4) is 0 Å². The molecule has 15 heavy (non-hydrogen) atoms. The standard InChI is InChI=1S/C10H11BrFNO2/c1-6(2)15-10(14)13-9-4-7(11)3-8(12)5-9/h3-6H,1-2H3,(H,13,14). The van der Waals surface area contributed by atoms with E-state index >= 15 is 0 Å². The van der Waals surface area contributed by atoms with Crippen molar-refractivity contribution in [2.75, 3.05) is 5.32 Å². The first-order valence-corrected chi connectivity index (χ1v) is 5.20. The zero-order valence-electron chi connectivity index (χ0n) is 8.38. The number of carbonyl (C=O) groups is 1. The molecule has 82 valence electrons. The molecule has 0 aliphatic rings. The summed E-state index contributed by atoms with van der Waals surface area (Å²) in [4.78, 5) is 11.2. The van der Waals surface area contributed by atoms with E-state index in [1.807, 2.05) is 0 Å². The molecule has 1 amide bonds. The molecular formula is C10H11BrFNO2. The van der Waals surface area contributed by atoms with Gasteiger partial charge in [0.05, 0.1) is 6.10 Å². The molecule has 1 aromatic rings. The second-order valence-corrected chi connectivity index (χ2v) is 4.15. The van der Waals surface area contributed by atoms with Crippen molar-refractivity contribution in [3.8, 4) is 0 Å². The topological polar surface area (TPSA) is 38.3 Å². The van der Waals surface area contributed by atoms with Crippen LogP contribution in [0.2, 0.25) is 0 Å². The Labute approximate surface area is 95.7 Å². The van der Waals surface area contributed by atoms with E-state index in [0.29, 0.717) is 10.2 Å². The van der Waals surface area contributed by atoms with Gasteiger partial charge in [-0.2, -0.15) is 0 Å². The average Bonchev–Trinajstić information content (AvgIpc) is 1.98. The van der Waals surface area contributed by atoms with Crippen molar-refractivity contribution >= 4 is 27.7 Å². The maximum atomic E-state index is 12.9. The lowest BCUT2D eigenvalue weighted by Crippen LogP contribution is -2.18. The zero-order chi connectivity index (χ0) is 11.4. The van der Waals surface area contributed by atoms with E-state index in [1.54, 1.807) is 19.9 Å². The molecule has 0 unspecified atom stereocenters. The third kappa shape index (κ3) is 4.29. The Morgan fingerprint density at radius 2 is 2.13 bits per heavy atom. The number of rotatable bonds is 2. The molecule has 0 atom stereocenters. The molecule has 0 aliphatic carbocycles. The molecule has 1 aromatic carbocycles. The van der Waals surface area contributed by atoms with Gasteiger partial charge in [-0.1, -0.05) is 15.9 Å². The number of ether oxygens (including phenoxy) is 1. The molecule has 0 radical (unpaired) electrons. The highest BCUT2D eigenvalue weighted by Gasteiger charge is 2.06. The summed E-state index contributed by atoms with van der Waals surface area (Å²) in [7, 11) is 0. The van der Waals surface area contributed by atoms with Gasteiger partial charge >= 0.3 is 6.09 Å². The van der Waals surface area contributed by atoms with E-state index < -0.39 is 11.9 Å². The lowest BCUT2D eigenvalue weighted by atomic mass is 10.3.